The molecule has 6 aliphatic rings. The van der Waals surface area contributed by atoms with Gasteiger partial charge in [-0.2, -0.15) is 8.42 Å². The maximum absolute atomic E-state index is 12.9. The van der Waals surface area contributed by atoms with Gasteiger partial charge in [0.15, 0.2) is 11.2 Å². The van der Waals surface area contributed by atoms with Gasteiger partial charge < -0.3 is 35.4 Å². The Hall–Kier alpha value is -4.17. The minimum absolute atomic E-state index is 0.0178. The van der Waals surface area contributed by atoms with Crippen LogP contribution in [0, 0.1) is 23.7 Å². The first-order chi connectivity index (χ1) is 32.0. The molecule has 4 aliphatic heterocycles. The molecule has 4 heterocycles. The van der Waals surface area contributed by atoms with E-state index in [4.69, 9.17) is 29.4 Å². The molecule has 0 saturated carbocycles. The third-order valence-electron chi connectivity index (χ3n) is 14.8. The van der Waals surface area contributed by atoms with Crippen LogP contribution in [-0.4, -0.2) is 104 Å². The Balaban J connectivity index is 0.000000189. The molecule has 2 aromatic carbocycles. The number of fused-ring (bicyclic) bond motifs is 2. The summed E-state index contributed by atoms with van der Waals surface area (Å²) in [6, 6.07) is 13.2. The van der Waals surface area contributed by atoms with Crippen LogP contribution in [-0.2, 0) is 62.8 Å². The van der Waals surface area contributed by atoms with Gasteiger partial charge in [0.1, 0.15) is 0 Å². The SMILES string of the molecule is CC(C)(C)c1ccc(S(=O)(=O)Cl)cc1.CC(C)(C)c1ccc(S(=O)(=O)OCC[C@H]2C(=O)N[C@@]3([C@@H](O)[C@@H]4C=CCCC4)C(=O)O[C@@]23C)cc1.C[C@@]12OC(=O)[C@]1([C@@H](O)[C@@H]1C=CCCC1)NC(=O)[C@@H]2CCO. The normalized spacial score (nSPS) is 31.4. The molecular formula is C50H67ClN2O14S2. The summed E-state index contributed by atoms with van der Waals surface area (Å²) in [5.74, 6) is -3.94. The van der Waals surface area contributed by atoms with E-state index in [0.717, 1.165) is 43.2 Å². The Labute approximate surface area is 410 Å². The second-order valence-electron chi connectivity index (χ2n) is 21.2. The molecule has 0 aromatic heterocycles. The maximum atomic E-state index is 12.9. The van der Waals surface area contributed by atoms with Crippen LogP contribution >= 0.6 is 10.7 Å². The van der Waals surface area contributed by atoms with E-state index in [1.807, 2.05) is 45.1 Å². The Bertz CT molecular complexity index is 2550. The Morgan fingerprint density at radius 2 is 1.07 bits per heavy atom. The molecule has 380 valence electrons. The van der Waals surface area contributed by atoms with Gasteiger partial charge in [-0.1, -0.05) is 90.1 Å². The summed E-state index contributed by atoms with van der Waals surface area (Å²) in [6.07, 6.45) is 11.1. The molecule has 0 bridgehead atoms. The number of halogens is 1. The fourth-order valence-electron chi connectivity index (χ4n) is 10.5. The van der Waals surface area contributed by atoms with E-state index < -0.39 is 83.3 Å². The third kappa shape index (κ3) is 10.0. The molecule has 0 unspecified atom stereocenters. The van der Waals surface area contributed by atoms with Crippen molar-refractivity contribution in [1.29, 1.82) is 0 Å². The molecule has 10 atom stereocenters. The van der Waals surface area contributed by atoms with Crippen molar-refractivity contribution in [3.05, 3.63) is 84.0 Å². The van der Waals surface area contributed by atoms with Crippen molar-refractivity contribution >= 4 is 53.6 Å². The molecule has 0 spiro atoms. The molecule has 69 heavy (non-hydrogen) atoms. The molecule has 4 saturated heterocycles. The van der Waals surface area contributed by atoms with Crippen molar-refractivity contribution in [2.24, 2.45) is 23.7 Å². The van der Waals surface area contributed by atoms with E-state index >= 15 is 0 Å². The summed E-state index contributed by atoms with van der Waals surface area (Å²) < 4.78 is 63.2. The summed E-state index contributed by atoms with van der Waals surface area (Å²) in [4.78, 5) is 49.9. The number of hydrogen-bond donors (Lipinski definition) is 5. The molecular weight excluding hydrogens is 952 g/mol. The van der Waals surface area contributed by atoms with Gasteiger partial charge in [-0.3, -0.25) is 13.8 Å². The van der Waals surface area contributed by atoms with Gasteiger partial charge >= 0.3 is 11.9 Å². The molecule has 0 radical (unpaired) electrons. The van der Waals surface area contributed by atoms with E-state index in [1.165, 1.54) is 24.3 Å². The average molecular weight is 1020 g/mol. The summed E-state index contributed by atoms with van der Waals surface area (Å²) in [6.45, 7) is 15.2. The van der Waals surface area contributed by atoms with Crippen LogP contribution in [0.2, 0.25) is 0 Å². The maximum Gasteiger partial charge on any atom is 0.339 e. The van der Waals surface area contributed by atoms with Gasteiger partial charge in [-0.25, -0.2) is 18.0 Å². The van der Waals surface area contributed by atoms with Crippen LogP contribution in [0.1, 0.15) is 118 Å². The molecule has 2 aliphatic carbocycles. The van der Waals surface area contributed by atoms with Crippen molar-refractivity contribution < 1.29 is 65.0 Å². The summed E-state index contributed by atoms with van der Waals surface area (Å²) in [7, 11) is -2.42. The number of amides is 2. The van der Waals surface area contributed by atoms with Gasteiger partial charge in [0.25, 0.3) is 19.2 Å². The van der Waals surface area contributed by atoms with Crippen LogP contribution < -0.4 is 10.6 Å². The number of aliphatic hydroxyl groups excluding tert-OH is 3. The lowest BCUT2D eigenvalue weighted by Gasteiger charge is -2.54. The Morgan fingerprint density at radius 1 is 0.681 bits per heavy atom. The number of allylic oxidation sites excluding steroid dienone is 2. The topological polar surface area (TPSA) is 249 Å². The smallest absolute Gasteiger partial charge is 0.339 e. The first-order valence-electron chi connectivity index (χ1n) is 23.5. The molecule has 8 rings (SSSR count). The van der Waals surface area contributed by atoms with Crippen LogP contribution in [0.15, 0.2) is 82.6 Å². The quantitative estimate of drug-likeness (QED) is 0.0774. The van der Waals surface area contributed by atoms with E-state index in [9.17, 15) is 46.2 Å². The van der Waals surface area contributed by atoms with E-state index in [1.54, 1.807) is 38.1 Å². The van der Waals surface area contributed by atoms with E-state index in [2.05, 4.69) is 31.4 Å². The standard InChI is InChI=1S/C25H33NO7S.C15H21NO5.C10H13ClO2S/c1-23(2,3)17-10-12-18(13-11-17)34(30,31)32-15-14-19-21(28)26-25(22(29)33-24(19,25)4)20(27)16-8-6-5-7-9-16;1-14-10(7-8-17)12(19)16-15(14,13(20)21-14)11(18)9-5-3-2-4-6-9;1-10(2,3)8-4-6-9(7-5-8)14(11,12)13/h6,8,10-13,16,19-20,27H,5,7,9,14-15H2,1-4H3,(H,26,28);3,5,9-11,17-18H,2,4,6-8H2,1H3,(H,16,19);4-7H,1-3H3/t16-,19+,20+,24+,25+;9-,10+,11+,14+,15+;/m11./s1. The number of hydrogen-bond acceptors (Lipinski definition) is 14. The van der Waals surface area contributed by atoms with Gasteiger partial charge in [0, 0.05) is 29.1 Å². The third-order valence-corrected chi connectivity index (χ3v) is 17.5. The van der Waals surface area contributed by atoms with Crippen LogP contribution in [0.3, 0.4) is 0 Å². The predicted molar refractivity (Wildman–Crippen MR) is 255 cm³/mol. The molecule has 19 heteroatoms. The predicted octanol–water partition coefficient (Wildman–Crippen LogP) is 5.39. The molecule has 2 aromatic rings. The van der Waals surface area contributed by atoms with Crippen LogP contribution in [0.5, 0.6) is 0 Å². The number of carbonyl (C=O) groups excluding carboxylic acids is 4. The zero-order chi connectivity index (χ0) is 51.2. The summed E-state index contributed by atoms with van der Waals surface area (Å²) in [5, 5.41) is 36.4. The lowest BCUT2D eigenvalue weighted by molar-refractivity contribution is -0.239. The van der Waals surface area contributed by atoms with Crippen molar-refractivity contribution in [1.82, 2.24) is 10.6 Å². The first kappa shape index (κ1) is 54.2. The second kappa shape index (κ2) is 19.8. The highest BCUT2D eigenvalue weighted by Crippen LogP contribution is 2.55. The Kier molecular flexibility index (Phi) is 15.5. The summed E-state index contributed by atoms with van der Waals surface area (Å²) in [5.41, 5.74) is -3.30. The molecule has 16 nitrogen and oxygen atoms in total. The highest BCUT2D eigenvalue weighted by molar-refractivity contribution is 8.13. The Morgan fingerprint density at radius 3 is 1.41 bits per heavy atom. The summed E-state index contributed by atoms with van der Waals surface area (Å²) >= 11 is 0. The largest absolute Gasteiger partial charge is 0.453 e. The zero-order valence-corrected chi connectivity index (χ0v) is 42.9. The van der Waals surface area contributed by atoms with Gasteiger partial charge in [0.2, 0.25) is 22.9 Å². The number of ether oxygens (including phenoxy) is 2. The fourth-order valence-corrected chi connectivity index (χ4v) is 12.2. The zero-order valence-electron chi connectivity index (χ0n) is 40.5. The molecule has 2 amide bonds. The average Bonchev–Trinajstić information content (AvgIpc) is 3.58. The highest BCUT2D eigenvalue weighted by atomic mass is 35.7. The van der Waals surface area contributed by atoms with Gasteiger partial charge in [0.05, 0.1) is 40.4 Å². The highest BCUT2D eigenvalue weighted by Gasteiger charge is 2.80. The number of nitrogens with one attached hydrogen (secondary N) is 2. The van der Waals surface area contributed by atoms with Crippen molar-refractivity contribution in [2.45, 2.75) is 162 Å². The lowest BCUT2D eigenvalue weighted by Crippen LogP contribution is -2.80. The van der Waals surface area contributed by atoms with Crippen molar-refractivity contribution in [2.75, 3.05) is 13.2 Å². The minimum atomic E-state index is -4.02. The second-order valence-corrected chi connectivity index (χ2v) is 25.4. The molecule has 5 N–H and O–H groups in total. The van der Waals surface area contributed by atoms with Gasteiger partial charge in [-0.05, 0) is 111 Å². The first-order valence-corrected chi connectivity index (χ1v) is 27.2. The lowest BCUT2D eigenvalue weighted by atomic mass is 9.64. The number of carbonyl (C=O) groups is 4. The van der Waals surface area contributed by atoms with Crippen molar-refractivity contribution in [3.63, 3.8) is 0 Å². The number of aliphatic hydroxyl groups is 3. The van der Waals surface area contributed by atoms with Crippen molar-refractivity contribution in [3.8, 4) is 0 Å². The van der Waals surface area contributed by atoms with Crippen LogP contribution in [0.25, 0.3) is 0 Å². The minimum Gasteiger partial charge on any atom is -0.453 e. The number of benzene rings is 2. The van der Waals surface area contributed by atoms with E-state index in [-0.39, 0.29) is 64.4 Å². The van der Waals surface area contributed by atoms with E-state index in [0.29, 0.717) is 6.42 Å². The van der Waals surface area contributed by atoms with Crippen LogP contribution in [0.4, 0.5) is 0 Å². The number of esters is 2. The molecule has 4 fully saturated rings. The van der Waals surface area contributed by atoms with Gasteiger partial charge in [-0.15, -0.1) is 0 Å². The monoisotopic (exact) mass is 1020 g/mol. The fraction of sp³-hybridized carbons (Fsp3) is 0.600. The number of rotatable bonds is 12.